The number of sulfonamides is 1. The molecule has 1 unspecified atom stereocenters. The first-order valence-electron chi connectivity index (χ1n) is 5.75. The number of benzene rings is 1. The molecule has 0 bridgehead atoms. The normalized spacial score (nSPS) is 14.4. The van der Waals surface area contributed by atoms with Gasteiger partial charge in [0.1, 0.15) is 0 Å². The zero-order valence-electron chi connectivity index (χ0n) is 10.9. The maximum atomic E-state index is 12.3. The molecule has 1 aromatic rings. The highest BCUT2D eigenvalue weighted by molar-refractivity contribution is 7.91. The first kappa shape index (κ1) is 17.0. The number of nitrogens with one attached hydrogen (secondary N) is 1. The van der Waals surface area contributed by atoms with Crippen LogP contribution < -0.4 is 4.72 Å². The fourth-order valence-corrected chi connectivity index (χ4v) is 3.38. The van der Waals surface area contributed by atoms with Gasteiger partial charge in [-0.1, -0.05) is 6.92 Å². The van der Waals surface area contributed by atoms with E-state index in [-0.39, 0.29) is 10.9 Å². The molecule has 0 aliphatic heterocycles. The fourth-order valence-electron chi connectivity index (χ4n) is 1.33. The van der Waals surface area contributed by atoms with E-state index in [2.05, 4.69) is 4.72 Å². The lowest BCUT2D eigenvalue weighted by atomic mass is 10.3. The van der Waals surface area contributed by atoms with Crippen LogP contribution in [-0.4, -0.2) is 28.6 Å². The maximum Gasteiger partial charge on any atom is 0.341 e. The van der Waals surface area contributed by atoms with Crippen molar-refractivity contribution in [3.8, 4) is 0 Å². The average molecular weight is 327 g/mol. The third-order valence-corrected chi connectivity index (χ3v) is 5.67. The van der Waals surface area contributed by atoms with E-state index in [0.717, 1.165) is 24.3 Å². The van der Waals surface area contributed by atoms with Gasteiger partial charge in [-0.15, -0.1) is 0 Å². The van der Waals surface area contributed by atoms with Gasteiger partial charge in [0.05, 0.1) is 9.79 Å². The Morgan fingerprint density at radius 2 is 1.50 bits per heavy atom. The van der Waals surface area contributed by atoms with E-state index >= 15 is 0 Å². The number of sulfone groups is 1. The van der Waals surface area contributed by atoms with Crippen molar-refractivity contribution in [3.05, 3.63) is 24.3 Å². The third-order valence-electron chi connectivity index (χ3n) is 2.67. The molecule has 0 aromatic heterocycles. The van der Waals surface area contributed by atoms with Gasteiger partial charge in [-0.3, -0.25) is 0 Å². The first-order valence-corrected chi connectivity index (χ1v) is 8.78. The smallest absolute Gasteiger partial charge is 0.218 e. The number of hydrogen-bond donors (Lipinski definition) is 1. The Labute approximate surface area is 117 Å². The molecule has 0 radical (unpaired) electrons. The molecule has 20 heavy (non-hydrogen) atoms. The molecule has 0 aliphatic rings. The van der Waals surface area contributed by atoms with Crippen LogP contribution in [0.4, 0.5) is 8.78 Å². The SMILES string of the molecule is CCC(C)NS(=O)(=O)c1ccc(S(=O)(=O)C(F)F)cc1. The van der Waals surface area contributed by atoms with Crippen LogP contribution in [0.15, 0.2) is 34.1 Å². The van der Waals surface area contributed by atoms with Crippen LogP contribution >= 0.6 is 0 Å². The quantitative estimate of drug-likeness (QED) is 0.863. The number of halogens is 2. The third kappa shape index (κ3) is 3.74. The van der Waals surface area contributed by atoms with Crippen molar-refractivity contribution in [3.63, 3.8) is 0 Å². The van der Waals surface area contributed by atoms with Crippen LogP contribution in [-0.2, 0) is 19.9 Å². The second-order valence-electron chi connectivity index (χ2n) is 4.21. The first-order chi connectivity index (χ1) is 9.11. The van der Waals surface area contributed by atoms with Gasteiger partial charge in [0.2, 0.25) is 19.9 Å². The van der Waals surface area contributed by atoms with E-state index in [9.17, 15) is 25.6 Å². The summed E-state index contributed by atoms with van der Waals surface area (Å²) in [5, 5.41) is 0. The van der Waals surface area contributed by atoms with E-state index in [4.69, 9.17) is 0 Å². The van der Waals surface area contributed by atoms with Gasteiger partial charge in [0.15, 0.2) is 0 Å². The predicted octanol–water partition coefficient (Wildman–Crippen LogP) is 1.76. The van der Waals surface area contributed by atoms with Crippen LogP contribution in [0.25, 0.3) is 0 Å². The Morgan fingerprint density at radius 3 is 1.90 bits per heavy atom. The number of rotatable bonds is 6. The lowest BCUT2D eigenvalue weighted by Crippen LogP contribution is -2.32. The zero-order valence-corrected chi connectivity index (χ0v) is 12.5. The van der Waals surface area contributed by atoms with Gasteiger partial charge in [-0.25, -0.2) is 21.6 Å². The van der Waals surface area contributed by atoms with Crippen molar-refractivity contribution in [2.24, 2.45) is 0 Å². The van der Waals surface area contributed by atoms with E-state index < -0.39 is 30.5 Å². The Balaban J connectivity index is 3.09. The molecule has 0 fully saturated rings. The lowest BCUT2D eigenvalue weighted by Gasteiger charge is -2.12. The van der Waals surface area contributed by atoms with Crippen LogP contribution in [0.3, 0.4) is 0 Å². The highest BCUT2D eigenvalue weighted by atomic mass is 32.2. The van der Waals surface area contributed by atoms with Gasteiger partial charge in [-0.05, 0) is 37.6 Å². The topological polar surface area (TPSA) is 80.3 Å². The summed E-state index contributed by atoms with van der Waals surface area (Å²) in [7, 11) is -8.50. The second kappa shape index (κ2) is 6.15. The molecule has 0 spiro atoms. The summed E-state index contributed by atoms with van der Waals surface area (Å²) in [4.78, 5) is -0.791. The van der Waals surface area contributed by atoms with Gasteiger partial charge >= 0.3 is 5.76 Å². The Morgan fingerprint density at radius 1 is 1.05 bits per heavy atom. The molecular weight excluding hydrogens is 312 g/mol. The fraction of sp³-hybridized carbons (Fsp3) is 0.455. The minimum absolute atomic E-state index is 0.175. The molecule has 1 atom stereocenters. The van der Waals surface area contributed by atoms with Gasteiger partial charge in [0, 0.05) is 6.04 Å². The van der Waals surface area contributed by atoms with Crippen molar-refractivity contribution in [1.82, 2.24) is 4.72 Å². The van der Waals surface area contributed by atoms with Crippen molar-refractivity contribution in [2.45, 2.75) is 41.9 Å². The van der Waals surface area contributed by atoms with E-state index in [0.29, 0.717) is 6.42 Å². The van der Waals surface area contributed by atoms with Gasteiger partial charge in [0.25, 0.3) is 0 Å². The summed E-state index contributed by atoms with van der Waals surface area (Å²) in [5.41, 5.74) is 0. The highest BCUT2D eigenvalue weighted by Gasteiger charge is 2.27. The van der Waals surface area contributed by atoms with Crippen molar-refractivity contribution < 1.29 is 25.6 Å². The van der Waals surface area contributed by atoms with E-state index in [1.807, 2.05) is 0 Å². The second-order valence-corrected chi connectivity index (χ2v) is 7.84. The molecule has 0 amide bonds. The van der Waals surface area contributed by atoms with E-state index in [1.54, 1.807) is 13.8 Å². The maximum absolute atomic E-state index is 12.3. The summed E-state index contributed by atoms with van der Waals surface area (Å²) in [6, 6.07) is 3.39. The zero-order chi connectivity index (χ0) is 15.6. The molecule has 1 aromatic carbocycles. The summed E-state index contributed by atoms with van der Waals surface area (Å²) in [6.45, 7) is 3.47. The van der Waals surface area contributed by atoms with Crippen LogP contribution in [0.1, 0.15) is 20.3 Å². The lowest BCUT2D eigenvalue weighted by molar-refractivity contribution is 0.234. The van der Waals surface area contributed by atoms with Crippen LogP contribution in [0.2, 0.25) is 0 Å². The standard InChI is InChI=1S/C11H15F2NO4S2/c1-3-8(2)14-20(17,18)10-6-4-9(5-7-10)19(15,16)11(12)13/h4-8,11,14H,3H2,1-2H3. The monoisotopic (exact) mass is 327 g/mol. The molecule has 1 N–H and O–H groups in total. The van der Waals surface area contributed by atoms with Crippen molar-refractivity contribution in [2.75, 3.05) is 0 Å². The average Bonchev–Trinajstić information content (AvgIpc) is 2.38. The number of hydrogen-bond acceptors (Lipinski definition) is 4. The minimum atomic E-state index is -4.72. The molecule has 0 saturated carbocycles. The summed E-state index contributed by atoms with van der Waals surface area (Å²) < 4.78 is 73.2. The van der Waals surface area contributed by atoms with Gasteiger partial charge in [-0.2, -0.15) is 8.78 Å². The van der Waals surface area contributed by atoms with Crippen LogP contribution in [0, 0.1) is 0 Å². The largest absolute Gasteiger partial charge is 0.341 e. The summed E-state index contributed by atoms with van der Waals surface area (Å²) in [6.07, 6.45) is 0.580. The Kier molecular flexibility index (Phi) is 5.22. The molecule has 5 nitrogen and oxygen atoms in total. The number of alkyl halides is 2. The highest BCUT2D eigenvalue weighted by Crippen LogP contribution is 2.20. The molecule has 1 rings (SSSR count). The Bertz CT molecular complexity index is 654. The molecule has 0 saturated heterocycles. The minimum Gasteiger partial charge on any atom is -0.218 e. The Hall–Kier alpha value is -1.06. The summed E-state index contributed by atoms with van der Waals surface area (Å²) >= 11 is 0. The molecular formula is C11H15F2NO4S2. The molecule has 114 valence electrons. The van der Waals surface area contributed by atoms with E-state index in [1.165, 1.54) is 0 Å². The van der Waals surface area contributed by atoms with Crippen molar-refractivity contribution >= 4 is 19.9 Å². The molecule has 0 aliphatic carbocycles. The molecule has 9 heteroatoms. The van der Waals surface area contributed by atoms with Crippen LogP contribution in [0.5, 0.6) is 0 Å². The van der Waals surface area contributed by atoms with Gasteiger partial charge < -0.3 is 0 Å². The summed E-state index contributed by atoms with van der Waals surface area (Å²) in [5.74, 6) is -3.54. The predicted molar refractivity (Wildman–Crippen MR) is 69.7 cm³/mol. The van der Waals surface area contributed by atoms with Crippen molar-refractivity contribution in [1.29, 1.82) is 0 Å². The molecule has 0 heterocycles.